The minimum atomic E-state index is 0.592. The molecule has 1 fully saturated rings. The van der Waals surface area contributed by atoms with Crippen LogP contribution in [-0.2, 0) is 0 Å². The normalized spacial score (nSPS) is 29.7. The van der Waals surface area contributed by atoms with E-state index < -0.39 is 0 Å². The zero-order valence-corrected chi connectivity index (χ0v) is 9.00. The fourth-order valence-electron chi connectivity index (χ4n) is 0.438. The molecule has 6 heavy (non-hydrogen) atoms. The summed E-state index contributed by atoms with van der Waals surface area (Å²) >= 11 is 0. The van der Waals surface area contributed by atoms with Crippen molar-refractivity contribution in [3.63, 3.8) is 0 Å². The molecule has 0 saturated carbocycles. The largest absolute Gasteiger partial charge is 0.0487 e. The van der Waals surface area contributed by atoms with Crippen molar-refractivity contribution in [2.45, 2.75) is 0 Å². The van der Waals surface area contributed by atoms with Crippen LogP contribution in [0.15, 0.2) is 0 Å². The second-order valence-corrected chi connectivity index (χ2v) is 33.8. The predicted octanol–water partition coefficient (Wildman–Crippen LogP) is -2.28. The van der Waals surface area contributed by atoms with Gasteiger partial charge in [0.15, 0.2) is 0 Å². The van der Waals surface area contributed by atoms with Gasteiger partial charge in [0.1, 0.15) is 0 Å². The molecule has 0 unspecified atom stereocenters. The van der Waals surface area contributed by atoms with Gasteiger partial charge in [0, 0.05) is 33.0 Å². The maximum absolute atomic E-state index is 1.62. The number of fused-ring (bicyclic) bond motifs is 1. The highest BCUT2D eigenvalue weighted by Gasteiger charge is 2.35. The number of hydrogen-bond acceptors (Lipinski definition) is 0. The summed E-state index contributed by atoms with van der Waals surface area (Å²) in [5.74, 6) is 0. The van der Waals surface area contributed by atoms with E-state index in [9.17, 15) is 0 Å². The third-order valence-corrected chi connectivity index (χ3v) is 59.1. The van der Waals surface area contributed by atoms with Crippen molar-refractivity contribution < 1.29 is 0 Å². The van der Waals surface area contributed by atoms with Crippen LogP contribution in [0.3, 0.4) is 0 Å². The second-order valence-electron chi connectivity index (χ2n) is 1.25. The summed E-state index contributed by atoms with van der Waals surface area (Å²) < 4.78 is 0. The van der Waals surface area contributed by atoms with Gasteiger partial charge in [-0.2, -0.15) is 0 Å². The molecule has 0 amide bonds. The Labute approximate surface area is 48.3 Å². The molecule has 0 aromatic heterocycles. The highest BCUT2D eigenvalue weighted by Crippen LogP contribution is 1.97. The van der Waals surface area contributed by atoms with Crippen LogP contribution in [0.5, 0.6) is 0 Å². The van der Waals surface area contributed by atoms with Crippen LogP contribution in [-0.4, -0.2) is 48.1 Å². The van der Waals surface area contributed by atoms with Gasteiger partial charge in [-0.15, -0.1) is 0 Å². The van der Waals surface area contributed by atoms with Crippen molar-refractivity contribution in [3.8, 4) is 0 Å². The van der Waals surface area contributed by atoms with Crippen LogP contribution in [0.1, 0.15) is 0 Å². The predicted molar refractivity (Wildman–Crippen MR) is 34.5 cm³/mol. The Bertz CT molecular complexity index is 101. The number of hydrogen-bond donors (Lipinski definition) is 0. The molecule has 1 saturated heterocycles. The summed E-state index contributed by atoms with van der Waals surface area (Å²) in [5.41, 5.74) is 0. The van der Waals surface area contributed by atoms with Crippen molar-refractivity contribution in [1.29, 1.82) is 0 Å². The minimum Gasteiger partial charge on any atom is -0.0487 e. The van der Waals surface area contributed by atoms with Gasteiger partial charge in [-0.05, 0) is 15.1 Å². The molecule has 0 aromatic carbocycles. The van der Waals surface area contributed by atoms with E-state index in [1.54, 1.807) is 25.2 Å². The molecule has 0 spiro atoms. The first kappa shape index (κ1) is 4.21. The highest BCUT2D eigenvalue weighted by atomic mass is 30.4. The van der Waals surface area contributed by atoms with Gasteiger partial charge in [-0.3, -0.25) is 0 Å². The SMILES string of the molecule is [Si]1[Si][Si]2[Si][Si]2=[Si]1. The lowest BCUT2D eigenvalue weighted by molar-refractivity contribution is 4.02. The summed E-state index contributed by atoms with van der Waals surface area (Å²) in [5, 5.41) is 0. The lowest BCUT2D eigenvalue weighted by Crippen LogP contribution is -2.11. The minimum absolute atomic E-state index is 0.592. The maximum atomic E-state index is 1.62. The van der Waals surface area contributed by atoms with Gasteiger partial charge >= 0.3 is 0 Å². The Morgan fingerprint density at radius 3 is 2.50 bits per heavy atom. The molecule has 8 radical (unpaired) electrons. The Hall–Kier alpha value is 1.30. The fourth-order valence-corrected chi connectivity index (χ4v) is 106. The van der Waals surface area contributed by atoms with Gasteiger partial charge in [0.05, 0.1) is 0 Å². The molecule has 2 aliphatic heterocycles. The molecule has 0 aliphatic carbocycles. The topological polar surface area (TPSA) is 0 Å². The highest BCUT2D eigenvalue weighted by molar-refractivity contribution is 8.11. The maximum Gasteiger partial charge on any atom is 0.0260 e. The average molecular weight is 169 g/mol. The quantitative estimate of drug-likeness (QED) is 0.358. The van der Waals surface area contributed by atoms with E-state index in [-0.39, 0.29) is 0 Å². The third-order valence-electron chi connectivity index (χ3n) is 0.812. The van der Waals surface area contributed by atoms with Crippen LogP contribution in [0, 0.1) is 0 Å². The van der Waals surface area contributed by atoms with Gasteiger partial charge in [0.25, 0.3) is 0 Å². The Balaban J connectivity index is 2.35. The second kappa shape index (κ2) is 1.39. The van der Waals surface area contributed by atoms with Crippen LogP contribution in [0.2, 0.25) is 0 Å². The molecule has 6 heteroatoms. The standard InChI is InChI=1S/Si6/c1-2-5-4-6(5)3-1. The molecular weight excluding hydrogens is 169 g/mol. The summed E-state index contributed by atoms with van der Waals surface area (Å²) in [6.45, 7) is 0.592. The van der Waals surface area contributed by atoms with E-state index in [0.717, 1.165) is 0 Å². The molecule has 0 N–H and O–H groups in total. The zero-order chi connectivity index (χ0) is 3.98. The molecule has 0 aromatic rings. The van der Waals surface area contributed by atoms with Crippen molar-refractivity contribution in [1.82, 2.24) is 0 Å². The Morgan fingerprint density at radius 1 is 1.33 bits per heavy atom. The van der Waals surface area contributed by atoms with E-state index in [4.69, 9.17) is 0 Å². The van der Waals surface area contributed by atoms with E-state index in [0.29, 0.717) is 14.3 Å². The van der Waals surface area contributed by atoms with Gasteiger partial charge in [-0.25, -0.2) is 0 Å². The summed E-state index contributed by atoms with van der Waals surface area (Å²) in [6.07, 6.45) is 0. The average Bonchev–Trinajstić information content (AvgIpc) is 2.17. The monoisotopic (exact) mass is 168 g/mol. The molecular formula is Si6. The first-order valence-corrected chi connectivity index (χ1v) is 15.8. The Kier molecular flexibility index (Phi) is 0.972. The first-order valence-electron chi connectivity index (χ1n) is 1.75. The van der Waals surface area contributed by atoms with E-state index in [1.807, 2.05) is 0 Å². The lowest BCUT2D eigenvalue weighted by Gasteiger charge is -1.72. The first-order chi connectivity index (χ1) is 2.97. The number of rotatable bonds is 0. The van der Waals surface area contributed by atoms with E-state index in [2.05, 4.69) is 0 Å². The van der Waals surface area contributed by atoms with E-state index >= 15 is 0 Å². The smallest absolute Gasteiger partial charge is 0.0260 e. The third kappa shape index (κ3) is 0.554. The molecule has 2 aliphatic rings. The lowest BCUT2D eigenvalue weighted by atomic mass is 26.4. The van der Waals surface area contributed by atoms with Crippen molar-refractivity contribution in [3.05, 3.63) is 0 Å². The molecule has 0 bridgehead atoms. The molecule has 2 rings (SSSR count). The summed E-state index contributed by atoms with van der Waals surface area (Å²) in [7, 11) is 6.82. The fraction of sp³-hybridized carbons (Fsp3) is 0. The van der Waals surface area contributed by atoms with E-state index in [1.165, 1.54) is 8.55 Å². The molecule has 2 heterocycles. The zero-order valence-electron chi connectivity index (χ0n) is 3.00. The Morgan fingerprint density at radius 2 is 2.33 bits per heavy atom. The van der Waals surface area contributed by atoms with Gasteiger partial charge < -0.3 is 0 Å². The summed E-state index contributed by atoms with van der Waals surface area (Å²) in [4.78, 5) is 0. The molecule has 0 atom stereocenters. The van der Waals surface area contributed by atoms with Gasteiger partial charge in [0.2, 0.25) is 0 Å². The van der Waals surface area contributed by atoms with Crippen LogP contribution >= 0.6 is 0 Å². The summed E-state index contributed by atoms with van der Waals surface area (Å²) in [6, 6.07) is 0. The molecule has 24 valence electrons. The molecule has 0 nitrogen and oxygen atoms in total. The van der Waals surface area contributed by atoms with Crippen LogP contribution < -0.4 is 0 Å². The van der Waals surface area contributed by atoms with Crippen LogP contribution in [0.25, 0.3) is 0 Å². The van der Waals surface area contributed by atoms with Crippen molar-refractivity contribution in [2.24, 2.45) is 0 Å². The van der Waals surface area contributed by atoms with Gasteiger partial charge in [-0.1, -0.05) is 0 Å². The van der Waals surface area contributed by atoms with Crippen LogP contribution in [0.4, 0.5) is 0 Å². The van der Waals surface area contributed by atoms with Crippen molar-refractivity contribution in [2.75, 3.05) is 0 Å². The van der Waals surface area contributed by atoms with Crippen molar-refractivity contribution >= 4 is 48.1 Å².